The number of aliphatic hydroxyl groups is 1. The van der Waals surface area contributed by atoms with Gasteiger partial charge in [0.25, 0.3) is 0 Å². The lowest BCUT2D eigenvalue weighted by molar-refractivity contribution is -0.139. The quantitative estimate of drug-likeness (QED) is 0.383. The molecule has 0 aromatic carbocycles. The van der Waals surface area contributed by atoms with Gasteiger partial charge in [0.2, 0.25) is 0 Å². The molecule has 0 amide bonds. The maximum Gasteiger partial charge on any atom is 0.349 e. The summed E-state index contributed by atoms with van der Waals surface area (Å²) in [6.45, 7) is 20.1. The third kappa shape index (κ3) is 5.46. The summed E-state index contributed by atoms with van der Waals surface area (Å²) in [4.78, 5) is 11.3. The highest BCUT2D eigenvalue weighted by Gasteiger charge is 2.62. The number of esters is 1. The Morgan fingerprint density at radius 1 is 1.21 bits per heavy atom. The molecule has 1 N–H and O–H groups in total. The van der Waals surface area contributed by atoms with Crippen LogP contribution < -0.4 is 0 Å². The Morgan fingerprint density at radius 3 is 2.21 bits per heavy atom. The highest BCUT2D eigenvalue weighted by Crippen LogP contribution is 2.55. The van der Waals surface area contributed by atoms with E-state index in [2.05, 4.69) is 60.1 Å². The molecule has 1 fully saturated rings. The molecular formula is C22H42O5Si. The largest absolute Gasteiger partial charge is 0.469 e. The Morgan fingerprint density at radius 2 is 1.75 bits per heavy atom. The van der Waals surface area contributed by atoms with Crippen LogP contribution in [-0.2, 0) is 18.4 Å². The molecular weight excluding hydrogens is 372 g/mol. The molecule has 0 bridgehead atoms. The van der Waals surface area contributed by atoms with Crippen molar-refractivity contribution in [3.05, 3.63) is 12.2 Å². The van der Waals surface area contributed by atoms with Gasteiger partial charge < -0.3 is 18.7 Å². The SMILES string of the molecule is COC(=O)C/C=C/[C@H](C)[C@H](O)[C@@H](C)[C@@H]1O[Si](C(C)(C)C)(C(C)(C)C)OC[C@@H]1C. The summed E-state index contributed by atoms with van der Waals surface area (Å²) in [6.07, 6.45) is 3.25. The topological polar surface area (TPSA) is 65.0 Å². The van der Waals surface area contributed by atoms with Gasteiger partial charge in [-0.25, -0.2) is 0 Å². The minimum atomic E-state index is -2.57. The van der Waals surface area contributed by atoms with Crippen molar-refractivity contribution in [3.63, 3.8) is 0 Å². The van der Waals surface area contributed by atoms with Crippen molar-refractivity contribution < 1.29 is 23.5 Å². The molecule has 28 heavy (non-hydrogen) atoms. The summed E-state index contributed by atoms with van der Waals surface area (Å²) in [5.41, 5.74) is 0. The lowest BCUT2D eigenvalue weighted by Gasteiger charge is -2.55. The van der Waals surface area contributed by atoms with E-state index in [1.54, 1.807) is 6.08 Å². The molecule has 1 saturated heterocycles. The van der Waals surface area contributed by atoms with E-state index in [1.807, 2.05) is 13.0 Å². The summed E-state index contributed by atoms with van der Waals surface area (Å²) in [5.74, 6) is -0.202. The maximum atomic E-state index is 11.3. The minimum Gasteiger partial charge on any atom is -0.469 e. The fourth-order valence-electron chi connectivity index (χ4n) is 4.47. The van der Waals surface area contributed by atoms with E-state index < -0.39 is 14.7 Å². The number of rotatable bonds is 6. The first-order valence-electron chi connectivity index (χ1n) is 10.4. The molecule has 5 atom stereocenters. The molecule has 0 aliphatic carbocycles. The van der Waals surface area contributed by atoms with Crippen molar-refractivity contribution in [1.82, 2.24) is 0 Å². The molecule has 0 radical (unpaired) electrons. The second-order valence-corrected chi connectivity index (χ2v) is 15.2. The fraction of sp³-hybridized carbons (Fsp3) is 0.864. The van der Waals surface area contributed by atoms with Gasteiger partial charge in [-0.1, -0.05) is 74.5 Å². The zero-order valence-electron chi connectivity index (χ0n) is 19.5. The Kier molecular flexibility index (Phi) is 8.52. The molecule has 0 saturated carbocycles. The summed E-state index contributed by atoms with van der Waals surface area (Å²) >= 11 is 0. The molecule has 0 aromatic heterocycles. The van der Waals surface area contributed by atoms with E-state index in [1.165, 1.54) is 7.11 Å². The van der Waals surface area contributed by atoms with E-state index in [4.69, 9.17) is 8.85 Å². The Labute approximate surface area is 173 Å². The standard InChI is InChI=1S/C22H42O5Si/c1-15(12-11-13-18(23)25-10)19(24)17(3)20-16(2)14-26-28(27-20,21(4,5)6)22(7,8)9/h11-12,15-17,19-20,24H,13-14H2,1-10H3/b12-11+/t15-,16-,17+,19-,20+/m0/s1. The molecule has 1 heterocycles. The van der Waals surface area contributed by atoms with Gasteiger partial charge in [0.1, 0.15) is 0 Å². The third-order valence-corrected chi connectivity index (χ3v) is 11.1. The van der Waals surface area contributed by atoms with Gasteiger partial charge in [0, 0.05) is 34.4 Å². The van der Waals surface area contributed by atoms with Crippen LogP contribution in [0.15, 0.2) is 12.2 Å². The lowest BCUT2D eigenvalue weighted by Crippen LogP contribution is -2.64. The van der Waals surface area contributed by atoms with Crippen molar-refractivity contribution in [2.45, 2.75) is 91.0 Å². The van der Waals surface area contributed by atoms with Crippen LogP contribution in [0.4, 0.5) is 0 Å². The van der Waals surface area contributed by atoms with E-state index in [0.717, 1.165) is 0 Å². The first kappa shape index (κ1) is 25.3. The van der Waals surface area contributed by atoms with Crippen LogP contribution in [0.3, 0.4) is 0 Å². The zero-order valence-corrected chi connectivity index (χ0v) is 20.5. The van der Waals surface area contributed by atoms with Gasteiger partial charge in [-0.15, -0.1) is 0 Å². The monoisotopic (exact) mass is 414 g/mol. The molecule has 0 aromatic rings. The van der Waals surface area contributed by atoms with Gasteiger partial charge in [-0.3, -0.25) is 4.79 Å². The molecule has 0 unspecified atom stereocenters. The van der Waals surface area contributed by atoms with Crippen molar-refractivity contribution >= 4 is 14.5 Å². The second-order valence-electron chi connectivity index (χ2n) is 10.4. The molecule has 164 valence electrons. The Balaban J connectivity index is 3.01. The minimum absolute atomic E-state index is 0.0479. The summed E-state index contributed by atoms with van der Waals surface area (Å²) in [7, 11) is -1.19. The van der Waals surface area contributed by atoms with Crippen molar-refractivity contribution in [1.29, 1.82) is 0 Å². The average molecular weight is 415 g/mol. The molecule has 1 rings (SSSR count). The fourth-order valence-corrected chi connectivity index (χ4v) is 9.69. The third-order valence-electron chi connectivity index (χ3n) is 5.93. The first-order valence-corrected chi connectivity index (χ1v) is 12.2. The van der Waals surface area contributed by atoms with Crippen molar-refractivity contribution in [2.24, 2.45) is 17.8 Å². The van der Waals surface area contributed by atoms with E-state index in [-0.39, 0.29) is 46.3 Å². The predicted octanol–water partition coefficient (Wildman–Crippen LogP) is 4.83. The Hall–Kier alpha value is -0.693. The van der Waals surface area contributed by atoms with Gasteiger partial charge in [0.15, 0.2) is 0 Å². The normalized spacial score (nSPS) is 26.7. The number of ether oxygens (including phenoxy) is 1. The molecule has 1 aliphatic rings. The highest BCUT2D eigenvalue weighted by atomic mass is 28.4. The average Bonchev–Trinajstić information content (AvgIpc) is 2.58. The number of hydrogen-bond acceptors (Lipinski definition) is 5. The smallest absolute Gasteiger partial charge is 0.349 e. The molecule has 5 nitrogen and oxygen atoms in total. The van der Waals surface area contributed by atoms with Crippen LogP contribution in [0.1, 0.15) is 68.7 Å². The lowest BCUT2D eigenvalue weighted by atomic mass is 9.84. The van der Waals surface area contributed by atoms with E-state index in [0.29, 0.717) is 6.61 Å². The number of hydrogen-bond donors (Lipinski definition) is 1. The number of carbonyl (C=O) groups is 1. The molecule has 6 heteroatoms. The van der Waals surface area contributed by atoms with Crippen LogP contribution in [0, 0.1) is 17.8 Å². The number of aliphatic hydroxyl groups excluding tert-OH is 1. The predicted molar refractivity (Wildman–Crippen MR) is 115 cm³/mol. The Bertz CT molecular complexity index is 532. The van der Waals surface area contributed by atoms with Gasteiger partial charge >= 0.3 is 14.5 Å². The van der Waals surface area contributed by atoms with Crippen LogP contribution in [-0.4, -0.2) is 45.6 Å². The summed E-state index contributed by atoms with van der Waals surface area (Å²) in [6, 6.07) is 0. The zero-order chi connectivity index (χ0) is 21.9. The van der Waals surface area contributed by atoms with E-state index in [9.17, 15) is 9.90 Å². The van der Waals surface area contributed by atoms with Crippen molar-refractivity contribution in [3.8, 4) is 0 Å². The second kappa shape index (κ2) is 9.41. The van der Waals surface area contributed by atoms with Gasteiger partial charge in [-0.2, -0.15) is 0 Å². The molecule has 1 aliphatic heterocycles. The highest BCUT2D eigenvalue weighted by molar-refractivity contribution is 6.73. The maximum absolute atomic E-state index is 11.3. The van der Waals surface area contributed by atoms with Crippen LogP contribution in [0.5, 0.6) is 0 Å². The van der Waals surface area contributed by atoms with Crippen LogP contribution in [0.2, 0.25) is 10.1 Å². The van der Waals surface area contributed by atoms with Gasteiger partial charge in [0.05, 0.1) is 25.7 Å². The summed E-state index contributed by atoms with van der Waals surface area (Å²) < 4.78 is 18.0. The van der Waals surface area contributed by atoms with Gasteiger partial charge in [-0.05, 0) is 0 Å². The van der Waals surface area contributed by atoms with Crippen LogP contribution >= 0.6 is 0 Å². The van der Waals surface area contributed by atoms with Crippen molar-refractivity contribution in [2.75, 3.05) is 13.7 Å². The van der Waals surface area contributed by atoms with E-state index >= 15 is 0 Å². The number of methoxy groups -OCH3 is 1. The first-order chi connectivity index (χ1) is 12.7. The van der Waals surface area contributed by atoms with Crippen LogP contribution in [0.25, 0.3) is 0 Å². The summed E-state index contributed by atoms with van der Waals surface area (Å²) in [5, 5.41) is 10.8. The molecule has 0 spiro atoms. The number of carbonyl (C=O) groups excluding carboxylic acids is 1.